The molecule has 1 amide bonds. The molecule has 7 heteroatoms. The second-order valence-corrected chi connectivity index (χ2v) is 7.69. The van der Waals surface area contributed by atoms with Gasteiger partial charge in [0.2, 0.25) is 0 Å². The van der Waals surface area contributed by atoms with Crippen LogP contribution in [0.2, 0.25) is 0 Å². The first-order chi connectivity index (χ1) is 14.7. The van der Waals surface area contributed by atoms with Gasteiger partial charge in [0.1, 0.15) is 18.0 Å². The molecule has 1 fully saturated rings. The molecule has 0 unspecified atom stereocenters. The summed E-state index contributed by atoms with van der Waals surface area (Å²) in [5, 5.41) is 0. The lowest BCUT2D eigenvalue weighted by Gasteiger charge is -2.46. The summed E-state index contributed by atoms with van der Waals surface area (Å²) in [7, 11) is 1.59. The molecule has 1 saturated heterocycles. The zero-order valence-electron chi connectivity index (χ0n) is 16.8. The Balaban J connectivity index is 1.54. The number of aromatic nitrogens is 2. The highest BCUT2D eigenvalue weighted by molar-refractivity contribution is 5.95. The van der Waals surface area contributed by atoms with E-state index in [2.05, 4.69) is 20.5 Å². The summed E-state index contributed by atoms with van der Waals surface area (Å²) in [6.07, 6.45) is 4.46. The molecule has 2 aliphatic rings. The van der Waals surface area contributed by atoms with Crippen LogP contribution in [0, 0.1) is 0 Å². The van der Waals surface area contributed by atoms with E-state index in [4.69, 9.17) is 4.74 Å². The molecule has 6 nitrogen and oxygen atoms in total. The van der Waals surface area contributed by atoms with E-state index in [1.54, 1.807) is 25.4 Å². The zero-order chi connectivity index (χ0) is 20.7. The molecule has 5 rings (SSSR count). The quantitative estimate of drug-likeness (QED) is 0.666. The lowest BCUT2D eigenvalue weighted by atomic mass is 9.89. The Labute approximate surface area is 174 Å². The van der Waals surface area contributed by atoms with E-state index in [1.807, 2.05) is 41.4 Å². The van der Waals surface area contributed by atoms with Gasteiger partial charge in [-0.1, -0.05) is 6.07 Å². The van der Waals surface area contributed by atoms with Crippen molar-refractivity contribution in [2.24, 2.45) is 0 Å². The van der Waals surface area contributed by atoms with Crippen LogP contribution in [0.1, 0.15) is 22.5 Å². The number of carbonyl (C=O) groups is 1. The minimum Gasteiger partial charge on any atom is -0.497 e. The number of fused-ring (bicyclic) bond motifs is 4. The van der Waals surface area contributed by atoms with Crippen LogP contribution in [-0.4, -0.2) is 53.8 Å². The van der Waals surface area contributed by atoms with Gasteiger partial charge >= 0.3 is 0 Å². The van der Waals surface area contributed by atoms with Crippen LogP contribution in [0.5, 0.6) is 5.75 Å². The van der Waals surface area contributed by atoms with Gasteiger partial charge in [-0.3, -0.25) is 4.79 Å². The molecule has 30 heavy (non-hydrogen) atoms. The Hall–Kier alpha value is -3.35. The van der Waals surface area contributed by atoms with Crippen molar-refractivity contribution < 1.29 is 13.9 Å². The molecule has 3 aromatic rings. The van der Waals surface area contributed by atoms with Crippen LogP contribution in [0.25, 0.3) is 5.82 Å². The first-order valence-electron chi connectivity index (χ1n) is 10.1. The maximum atomic E-state index is 13.7. The van der Waals surface area contributed by atoms with E-state index < -0.39 is 12.2 Å². The molecular weight excluding hydrogens is 383 g/mol. The Morgan fingerprint density at radius 1 is 1.23 bits per heavy atom. The molecule has 0 N–H and O–H groups in total. The predicted molar refractivity (Wildman–Crippen MR) is 112 cm³/mol. The number of hydrogen-bond donors (Lipinski definition) is 0. The molecule has 0 saturated carbocycles. The number of ether oxygens (including phenoxy) is 1. The first-order valence-corrected chi connectivity index (χ1v) is 10.1. The number of anilines is 1. The van der Waals surface area contributed by atoms with Crippen LogP contribution >= 0.6 is 0 Å². The van der Waals surface area contributed by atoms with E-state index in [1.165, 1.54) is 0 Å². The van der Waals surface area contributed by atoms with Crippen molar-refractivity contribution in [2.75, 3.05) is 38.3 Å². The first kappa shape index (κ1) is 18.7. The number of rotatable bonds is 4. The average Bonchev–Trinajstić information content (AvgIpc) is 3.45. The molecule has 2 aliphatic heterocycles. The molecule has 0 radical (unpaired) electrons. The van der Waals surface area contributed by atoms with Gasteiger partial charge in [-0.2, -0.15) is 0 Å². The van der Waals surface area contributed by atoms with E-state index >= 15 is 0 Å². The summed E-state index contributed by atoms with van der Waals surface area (Å²) < 4.78 is 21.0. The summed E-state index contributed by atoms with van der Waals surface area (Å²) in [5.74, 6) is 1.41. The average molecular weight is 406 g/mol. The number of halogens is 1. The van der Waals surface area contributed by atoms with Crippen LogP contribution in [-0.2, 0) is 5.54 Å². The Morgan fingerprint density at radius 2 is 2.13 bits per heavy atom. The van der Waals surface area contributed by atoms with Crippen molar-refractivity contribution in [2.45, 2.75) is 12.0 Å². The second-order valence-electron chi connectivity index (χ2n) is 7.69. The molecule has 1 spiro atoms. The lowest BCUT2D eigenvalue weighted by molar-refractivity contribution is 0.0781. The molecule has 0 bridgehead atoms. The van der Waals surface area contributed by atoms with Crippen molar-refractivity contribution in [1.82, 2.24) is 14.5 Å². The van der Waals surface area contributed by atoms with Crippen molar-refractivity contribution in [3.05, 3.63) is 72.2 Å². The zero-order valence-corrected chi connectivity index (χ0v) is 16.8. The van der Waals surface area contributed by atoms with Crippen molar-refractivity contribution in [3.8, 4) is 11.6 Å². The highest BCUT2D eigenvalue weighted by atomic mass is 19.1. The van der Waals surface area contributed by atoms with Gasteiger partial charge in [-0.15, -0.1) is 0 Å². The van der Waals surface area contributed by atoms with Crippen LogP contribution in [0.4, 0.5) is 10.1 Å². The number of alkyl halides is 1. The fourth-order valence-electron chi connectivity index (χ4n) is 4.85. The highest BCUT2D eigenvalue weighted by Gasteiger charge is 2.50. The van der Waals surface area contributed by atoms with Gasteiger partial charge in [0.25, 0.3) is 5.91 Å². The number of hydrogen-bond acceptors (Lipinski definition) is 4. The normalized spacial score (nSPS) is 19.7. The van der Waals surface area contributed by atoms with E-state index in [0.717, 1.165) is 23.6 Å². The fourth-order valence-corrected chi connectivity index (χ4v) is 4.85. The van der Waals surface area contributed by atoms with Gasteiger partial charge in [-0.25, -0.2) is 9.37 Å². The van der Waals surface area contributed by atoms with Gasteiger partial charge in [0.15, 0.2) is 5.82 Å². The molecule has 4 heterocycles. The highest BCUT2D eigenvalue weighted by Crippen LogP contribution is 2.47. The number of nitrogens with zero attached hydrogens (tertiary/aromatic N) is 4. The smallest absolute Gasteiger partial charge is 0.254 e. The van der Waals surface area contributed by atoms with Crippen LogP contribution < -0.4 is 9.64 Å². The SMILES string of the molecule is COc1cccc(C(=O)N2CC[C@]3(C2)c2cccn2-c2ncccc2N3CCF)c1. The Bertz CT molecular complexity index is 1100. The number of benzene rings is 1. The van der Waals surface area contributed by atoms with Gasteiger partial charge in [0.05, 0.1) is 18.5 Å². The third kappa shape index (κ3) is 2.69. The lowest BCUT2D eigenvalue weighted by Crippen LogP contribution is -2.53. The standard InChI is InChI=1S/C23H23FN4O2/c1-30-18-6-2-5-17(15-18)22(29)26-13-9-23(16-26)20-8-4-12-27(20)21-19(7-3-11-25-21)28(23)14-10-24/h2-8,11-12,15H,9-10,13-14,16H2,1H3/t23-/m0/s1. The minimum absolute atomic E-state index is 0.0407. The molecule has 1 atom stereocenters. The predicted octanol–water partition coefficient (Wildman–Crippen LogP) is 3.41. The number of likely N-dealkylation sites (tertiary alicyclic amines) is 1. The number of amides is 1. The summed E-state index contributed by atoms with van der Waals surface area (Å²) in [4.78, 5) is 21.8. The fraction of sp³-hybridized carbons (Fsp3) is 0.304. The second kappa shape index (κ2) is 7.16. The maximum Gasteiger partial charge on any atom is 0.254 e. The van der Waals surface area contributed by atoms with Gasteiger partial charge in [-0.05, 0) is 48.9 Å². The van der Waals surface area contributed by atoms with E-state index in [-0.39, 0.29) is 12.5 Å². The molecule has 1 aromatic carbocycles. The van der Waals surface area contributed by atoms with Crippen LogP contribution in [0.15, 0.2) is 60.9 Å². The largest absolute Gasteiger partial charge is 0.497 e. The van der Waals surface area contributed by atoms with Crippen molar-refractivity contribution >= 4 is 11.6 Å². The maximum absolute atomic E-state index is 13.7. The molecular formula is C23H23FN4O2. The van der Waals surface area contributed by atoms with Crippen LogP contribution in [0.3, 0.4) is 0 Å². The van der Waals surface area contributed by atoms with Gasteiger partial charge < -0.3 is 19.1 Å². The number of methoxy groups -OCH3 is 1. The Morgan fingerprint density at radius 3 is 2.97 bits per heavy atom. The molecule has 0 aliphatic carbocycles. The van der Waals surface area contributed by atoms with Gasteiger partial charge in [0, 0.05) is 37.6 Å². The van der Waals surface area contributed by atoms with Crippen molar-refractivity contribution in [1.29, 1.82) is 0 Å². The summed E-state index contributed by atoms with van der Waals surface area (Å²) in [5.41, 5.74) is 2.05. The molecule has 154 valence electrons. The number of pyridine rings is 1. The monoisotopic (exact) mass is 406 g/mol. The third-order valence-electron chi connectivity index (χ3n) is 6.19. The van der Waals surface area contributed by atoms with E-state index in [9.17, 15) is 9.18 Å². The number of carbonyl (C=O) groups excluding carboxylic acids is 1. The topological polar surface area (TPSA) is 50.6 Å². The summed E-state index contributed by atoms with van der Waals surface area (Å²) >= 11 is 0. The summed E-state index contributed by atoms with van der Waals surface area (Å²) in [6, 6.07) is 15.1. The summed E-state index contributed by atoms with van der Waals surface area (Å²) in [6.45, 7) is 0.868. The minimum atomic E-state index is -0.486. The Kier molecular flexibility index (Phi) is 4.46. The van der Waals surface area contributed by atoms with E-state index in [0.29, 0.717) is 24.4 Å². The van der Waals surface area contributed by atoms with Crippen molar-refractivity contribution in [3.63, 3.8) is 0 Å². The third-order valence-corrected chi connectivity index (χ3v) is 6.19. The molecule has 2 aromatic heterocycles.